The van der Waals surface area contributed by atoms with Crippen LogP contribution in [0.3, 0.4) is 0 Å². The quantitative estimate of drug-likeness (QED) is 0.747. The van der Waals surface area contributed by atoms with Crippen molar-refractivity contribution in [2.24, 2.45) is 0 Å². The van der Waals surface area contributed by atoms with Gasteiger partial charge in [0.2, 0.25) is 5.91 Å². The summed E-state index contributed by atoms with van der Waals surface area (Å²) in [5.41, 5.74) is 0. The highest BCUT2D eigenvalue weighted by Crippen LogP contribution is 2.33. The van der Waals surface area contributed by atoms with Crippen molar-refractivity contribution < 1.29 is 14.3 Å². The molecule has 1 amide bonds. The molecule has 0 heterocycles. The van der Waals surface area contributed by atoms with Gasteiger partial charge in [-0.3, -0.25) is 4.79 Å². The molecule has 0 saturated heterocycles. The largest absolute Gasteiger partial charge is 0.493 e. The van der Waals surface area contributed by atoms with Crippen LogP contribution in [-0.2, 0) is 4.79 Å². The maximum atomic E-state index is 12.1. The van der Waals surface area contributed by atoms with Gasteiger partial charge in [0.1, 0.15) is 0 Å². The molecule has 0 spiro atoms. The van der Waals surface area contributed by atoms with E-state index in [1.54, 1.807) is 14.2 Å². The maximum absolute atomic E-state index is 12.1. The van der Waals surface area contributed by atoms with Gasteiger partial charge in [-0.2, -0.15) is 0 Å². The summed E-state index contributed by atoms with van der Waals surface area (Å²) in [6, 6.07) is 5.90. The van der Waals surface area contributed by atoms with Gasteiger partial charge >= 0.3 is 0 Å². The molecule has 1 aromatic rings. The van der Waals surface area contributed by atoms with Gasteiger partial charge in [0, 0.05) is 10.9 Å². The summed E-state index contributed by atoms with van der Waals surface area (Å²) in [7, 11) is 3.21. The van der Waals surface area contributed by atoms with Gasteiger partial charge in [-0.1, -0.05) is 13.3 Å². The second kappa shape index (κ2) is 8.82. The molecule has 2 atom stereocenters. The van der Waals surface area contributed by atoms with E-state index in [0.29, 0.717) is 11.5 Å². The fourth-order valence-electron chi connectivity index (χ4n) is 2.01. The van der Waals surface area contributed by atoms with Crippen LogP contribution in [0, 0.1) is 0 Å². The molecule has 21 heavy (non-hydrogen) atoms. The van der Waals surface area contributed by atoms with E-state index in [1.165, 1.54) is 11.8 Å². The monoisotopic (exact) mass is 311 g/mol. The third-order valence-electron chi connectivity index (χ3n) is 3.15. The average molecular weight is 311 g/mol. The van der Waals surface area contributed by atoms with Gasteiger partial charge < -0.3 is 14.8 Å². The summed E-state index contributed by atoms with van der Waals surface area (Å²) < 4.78 is 10.5. The number of benzene rings is 1. The summed E-state index contributed by atoms with van der Waals surface area (Å²) in [5.74, 6) is 1.43. The molecule has 118 valence electrons. The van der Waals surface area contributed by atoms with Crippen molar-refractivity contribution in [2.75, 3.05) is 14.2 Å². The minimum Gasteiger partial charge on any atom is -0.493 e. The van der Waals surface area contributed by atoms with Crippen LogP contribution in [0.5, 0.6) is 11.5 Å². The Bertz CT molecular complexity index is 465. The van der Waals surface area contributed by atoms with Crippen LogP contribution in [0.2, 0.25) is 0 Å². The zero-order chi connectivity index (χ0) is 15.8. The molecule has 1 rings (SSSR count). The van der Waals surface area contributed by atoms with Crippen LogP contribution in [0.15, 0.2) is 23.1 Å². The van der Waals surface area contributed by atoms with E-state index in [-0.39, 0.29) is 17.2 Å². The first-order valence-electron chi connectivity index (χ1n) is 7.20. The van der Waals surface area contributed by atoms with Crippen LogP contribution in [0.1, 0.15) is 33.6 Å². The number of methoxy groups -OCH3 is 2. The number of ether oxygens (including phenoxy) is 2. The van der Waals surface area contributed by atoms with Gasteiger partial charge in [-0.15, -0.1) is 11.8 Å². The summed E-state index contributed by atoms with van der Waals surface area (Å²) in [4.78, 5) is 13.1. The molecule has 0 aromatic heterocycles. The maximum Gasteiger partial charge on any atom is 0.233 e. The Balaban J connectivity index is 2.65. The lowest BCUT2D eigenvalue weighted by Crippen LogP contribution is -2.37. The van der Waals surface area contributed by atoms with E-state index in [1.807, 2.05) is 32.0 Å². The third kappa shape index (κ3) is 5.50. The van der Waals surface area contributed by atoms with Gasteiger partial charge in [-0.05, 0) is 38.5 Å². The SMILES string of the molecule is CCC[C@H](C)NC(=O)[C@H](C)Sc1ccc(OC)c(OC)c1. The van der Waals surface area contributed by atoms with E-state index in [0.717, 1.165) is 17.7 Å². The normalized spacial score (nSPS) is 13.4. The fraction of sp³-hybridized carbons (Fsp3) is 0.562. The molecule has 0 saturated carbocycles. The van der Waals surface area contributed by atoms with Gasteiger partial charge in [0.25, 0.3) is 0 Å². The van der Waals surface area contributed by atoms with E-state index < -0.39 is 0 Å². The molecule has 4 nitrogen and oxygen atoms in total. The number of carbonyl (C=O) groups is 1. The highest BCUT2D eigenvalue weighted by Gasteiger charge is 2.17. The summed E-state index contributed by atoms with van der Waals surface area (Å²) in [6.07, 6.45) is 2.07. The lowest BCUT2D eigenvalue weighted by molar-refractivity contribution is -0.120. The average Bonchev–Trinajstić information content (AvgIpc) is 2.47. The van der Waals surface area contributed by atoms with Crippen LogP contribution in [0.25, 0.3) is 0 Å². The van der Waals surface area contributed by atoms with Crippen molar-refractivity contribution in [3.63, 3.8) is 0 Å². The molecule has 0 aliphatic carbocycles. The minimum atomic E-state index is -0.151. The highest BCUT2D eigenvalue weighted by atomic mass is 32.2. The number of hydrogen-bond donors (Lipinski definition) is 1. The Morgan fingerprint density at radius 2 is 1.90 bits per heavy atom. The smallest absolute Gasteiger partial charge is 0.233 e. The van der Waals surface area contributed by atoms with Crippen molar-refractivity contribution in [3.05, 3.63) is 18.2 Å². The molecule has 0 unspecified atom stereocenters. The molecule has 0 bridgehead atoms. The number of amides is 1. The predicted molar refractivity (Wildman–Crippen MR) is 87.4 cm³/mol. The van der Waals surface area contributed by atoms with E-state index in [2.05, 4.69) is 12.2 Å². The van der Waals surface area contributed by atoms with Gasteiger partial charge in [0.15, 0.2) is 11.5 Å². The molecule has 0 aliphatic rings. The summed E-state index contributed by atoms with van der Waals surface area (Å²) in [5, 5.41) is 2.89. The third-order valence-corrected chi connectivity index (χ3v) is 4.24. The predicted octanol–water partition coefficient (Wildman–Crippen LogP) is 3.49. The van der Waals surface area contributed by atoms with Crippen molar-refractivity contribution >= 4 is 17.7 Å². The molecule has 0 radical (unpaired) electrons. The molecule has 1 aromatic carbocycles. The molecule has 5 heteroatoms. The van der Waals surface area contributed by atoms with Gasteiger partial charge in [0.05, 0.1) is 19.5 Å². The second-order valence-electron chi connectivity index (χ2n) is 4.98. The lowest BCUT2D eigenvalue weighted by Gasteiger charge is -2.17. The Morgan fingerprint density at radius 3 is 2.48 bits per heavy atom. The van der Waals surface area contributed by atoms with Crippen LogP contribution < -0.4 is 14.8 Å². The molecule has 0 fully saturated rings. The Kier molecular flexibility index (Phi) is 7.43. The Morgan fingerprint density at radius 1 is 1.24 bits per heavy atom. The minimum absolute atomic E-state index is 0.0655. The topological polar surface area (TPSA) is 47.6 Å². The molecule has 0 aliphatic heterocycles. The fourth-order valence-corrected chi connectivity index (χ4v) is 2.92. The number of rotatable bonds is 8. The van der Waals surface area contributed by atoms with E-state index in [4.69, 9.17) is 9.47 Å². The molecular weight excluding hydrogens is 286 g/mol. The summed E-state index contributed by atoms with van der Waals surface area (Å²) in [6.45, 7) is 6.06. The Labute approximate surface area is 131 Å². The van der Waals surface area contributed by atoms with Crippen LogP contribution in [-0.4, -0.2) is 31.4 Å². The molecule has 1 N–H and O–H groups in total. The van der Waals surface area contributed by atoms with E-state index >= 15 is 0 Å². The number of thioether (sulfide) groups is 1. The zero-order valence-electron chi connectivity index (χ0n) is 13.4. The van der Waals surface area contributed by atoms with Gasteiger partial charge in [-0.25, -0.2) is 0 Å². The highest BCUT2D eigenvalue weighted by molar-refractivity contribution is 8.00. The van der Waals surface area contributed by atoms with Crippen molar-refractivity contribution in [2.45, 2.75) is 49.8 Å². The lowest BCUT2D eigenvalue weighted by atomic mass is 10.2. The standard InChI is InChI=1S/C16H25NO3S/c1-6-7-11(2)17-16(18)12(3)21-13-8-9-14(19-4)15(10-13)20-5/h8-12H,6-7H2,1-5H3,(H,17,18)/t11-,12-/m0/s1. The Hall–Kier alpha value is -1.36. The van der Waals surface area contributed by atoms with Crippen molar-refractivity contribution in [1.29, 1.82) is 0 Å². The first-order valence-corrected chi connectivity index (χ1v) is 8.08. The number of hydrogen-bond acceptors (Lipinski definition) is 4. The summed E-state index contributed by atoms with van der Waals surface area (Å²) >= 11 is 1.51. The first-order chi connectivity index (χ1) is 10.0. The van der Waals surface area contributed by atoms with Crippen LogP contribution >= 0.6 is 11.8 Å². The molecular formula is C16H25NO3S. The number of nitrogens with one attached hydrogen (secondary N) is 1. The van der Waals surface area contributed by atoms with Crippen molar-refractivity contribution in [3.8, 4) is 11.5 Å². The van der Waals surface area contributed by atoms with Crippen molar-refractivity contribution in [1.82, 2.24) is 5.32 Å². The first kappa shape index (κ1) is 17.7. The van der Waals surface area contributed by atoms with E-state index in [9.17, 15) is 4.79 Å². The zero-order valence-corrected chi connectivity index (χ0v) is 14.3. The number of carbonyl (C=O) groups excluding carboxylic acids is 1. The van der Waals surface area contributed by atoms with Crippen LogP contribution in [0.4, 0.5) is 0 Å². The second-order valence-corrected chi connectivity index (χ2v) is 6.39.